The lowest BCUT2D eigenvalue weighted by molar-refractivity contribution is 0.104. The van der Waals surface area contributed by atoms with Gasteiger partial charge in [0.15, 0.2) is 11.5 Å². The summed E-state index contributed by atoms with van der Waals surface area (Å²) in [6, 6.07) is 10.2. The zero-order valence-corrected chi connectivity index (χ0v) is 16.9. The Morgan fingerprint density at radius 3 is 2.60 bits per heavy atom. The van der Waals surface area contributed by atoms with Gasteiger partial charge in [-0.2, -0.15) is 0 Å². The lowest BCUT2D eigenvalue weighted by atomic mass is 9.85. The quantitative estimate of drug-likeness (QED) is 0.538. The highest BCUT2D eigenvalue weighted by atomic mass is 16.5. The Morgan fingerprint density at radius 2 is 1.80 bits per heavy atom. The molecule has 2 heterocycles. The second-order valence-corrected chi connectivity index (χ2v) is 8.51. The molecule has 6 heteroatoms. The van der Waals surface area contributed by atoms with Gasteiger partial charge in [-0.3, -0.25) is 4.79 Å². The summed E-state index contributed by atoms with van der Waals surface area (Å²) >= 11 is 0. The number of fused-ring (bicyclic) bond motifs is 2. The maximum atomic E-state index is 13.6. The monoisotopic (exact) mass is 403 g/mol. The van der Waals surface area contributed by atoms with Crippen molar-refractivity contribution in [1.29, 1.82) is 0 Å². The first-order valence-electron chi connectivity index (χ1n) is 11.0. The first-order chi connectivity index (χ1) is 14.8. The van der Waals surface area contributed by atoms with E-state index in [9.17, 15) is 4.79 Å². The minimum Gasteiger partial charge on any atom is -0.382 e. The molecule has 6 nitrogen and oxygen atoms in total. The Bertz CT molecular complexity index is 1120. The number of carbonyl (C=O) groups excluding carboxylic acids is 1. The molecule has 0 atom stereocenters. The number of nitrogens with one attached hydrogen (secondary N) is 1. The molecule has 0 radical (unpaired) electrons. The predicted molar refractivity (Wildman–Crippen MR) is 116 cm³/mol. The van der Waals surface area contributed by atoms with Gasteiger partial charge in [-0.25, -0.2) is 0 Å². The number of ether oxygens (including phenoxy) is 1. The number of aromatic nitrogens is 1. The van der Waals surface area contributed by atoms with Crippen molar-refractivity contribution in [2.24, 2.45) is 0 Å². The van der Waals surface area contributed by atoms with Crippen molar-refractivity contribution in [3.8, 4) is 11.3 Å². The molecule has 3 aromatic rings. The fraction of sp³-hybridized carbons (Fsp3) is 0.417. The van der Waals surface area contributed by atoms with E-state index >= 15 is 0 Å². The van der Waals surface area contributed by atoms with Gasteiger partial charge in [0, 0.05) is 35.9 Å². The smallest absolute Gasteiger partial charge is 0.196 e. The highest BCUT2D eigenvalue weighted by molar-refractivity contribution is 6.28. The number of rotatable bonds is 3. The normalized spacial score (nSPS) is 19.2. The molecule has 1 aliphatic heterocycles. The Hall–Kier alpha value is -2.86. The maximum absolute atomic E-state index is 13.6. The van der Waals surface area contributed by atoms with Crippen LogP contribution in [0.25, 0.3) is 22.2 Å². The molecule has 0 bridgehead atoms. The molecule has 0 unspecified atom stereocenters. The van der Waals surface area contributed by atoms with Crippen molar-refractivity contribution in [2.45, 2.75) is 38.1 Å². The van der Waals surface area contributed by atoms with Crippen molar-refractivity contribution in [3.05, 3.63) is 41.5 Å². The topological polar surface area (TPSA) is 67.6 Å². The van der Waals surface area contributed by atoms with Crippen molar-refractivity contribution < 1.29 is 14.1 Å². The average Bonchev–Trinajstić information content (AvgIpc) is 3.24. The zero-order valence-electron chi connectivity index (χ0n) is 16.9. The molecule has 1 aromatic heterocycles. The molecule has 2 aliphatic carbocycles. The summed E-state index contributed by atoms with van der Waals surface area (Å²) in [5.74, 6) is 0.759. The van der Waals surface area contributed by atoms with Crippen LogP contribution in [0.15, 0.2) is 34.9 Å². The van der Waals surface area contributed by atoms with Crippen LogP contribution in [0.5, 0.6) is 0 Å². The van der Waals surface area contributed by atoms with Crippen LogP contribution in [0, 0.1) is 0 Å². The minimum absolute atomic E-state index is 0.0538. The molecule has 1 N–H and O–H groups in total. The van der Waals surface area contributed by atoms with Gasteiger partial charge in [0.1, 0.15) is 5.52 Å². The summed E-state index contributed by atoms with van der Waals surface area (Å²) in [6.45, 7) is 3.01. The van der Waals surface area contributed by atoms with Crippen LogP contribution in [0.4, 0.5) is 11.4 Å². The van der Waals surface area contributed by atoms with Crippen molar-refractivity contribution in [2.75, 3.05) is 36.5 Å². The molecule has 0 spiro atoms. The fourth-order valence-corrected chi connectivity index (χ4v) is 5.17. The third kappa shape index (κ3) is 2.74. The van der Waals surface area contributed by atoms with Crippen molar-refractivity contribution in [3.63, 3.8) is 0 Å². The maximum Gasteiger partial charge on any atom is 0.196 e. The summed E-state index contributed by atoms with van der Waals surface area (Å²) in [5.41, 5.74) is 4.95. The van der Waals surface area contributed by atoms with Gasteiger partial charge in [0.2, 0.25) is 0 Å². The zero-order chi connectivity index (χ0) is 20.1. The van der Waals surface area contributed by atoms with Crippen LogP contribution in [-0.2, 0) is 4.74 Å². The minimum atomic E-state index is 0.0538. The van der Waals surface area contributed by atoms with E-state index in [0.717, 1.165) is 53.8 Å². The molecule has 3 aliphatic rings. The molecule has 1 saturated carbocycles. The van der Waals surface area contributed by atoms with Gasteiger partial charge in [-0.05, 0) is 18.9 Å². The molecule has 154 valence electrons. The third-order valence-electron chi connectivity index (χ3n) is 6.70. The van der Waals surface area contributed by atoms with E-state index in [2.05, 4.69) is 21.4 Å². The van der Waals surface area contributed by atoms with E-state index < -0.39 is 0 Å². The molecule has 2 fully saturated rings. The SMILES string of the molecule is O=C1c2ccccc2-c2onc3c(N4CCOCC4)cc(NC4CCCCC4)c1c23. The van der Waals surface area contributed by atoms with E-state index in [-0.39, 0.29) is 5.78 Å². The largest absolute Gasteiger partial charge is 0.382 e. The molecule has 6 rings (SSSR count). The van der Waals surface area contributed by atoms with Gasteiger partial charge in [0.05, 0.1) is 29.9 Å². The number of morpholine rings is 1. The lowest BCUT2D eigenvalue weighted by Crippen LogP contribution is -2.36. The van der Waals surface area contributed by atoms with Crippen LogP contribution in [-0.4, -0.2) is 43.3 Å². The van der Waals surface area contributed by atoms with Crippen LogP contribution in [0.2, 0.25) is 0 Å². The van der Waals surface area contributed by atoms with E-state index in [1.807, 2.05) is 24.3 Å². The van der Waals surface area contributed by atoms with Gasteiger partial charge in [0.25, 0.3) is 0 Å². The summed E-state index contributed by atoms with van der Waals surface area (Å²) in [5, 5.41) is 9.03. The number of carbonyl (C=O) groups is 1. The summed E-state index contributed by atoms with van der Waals surface area (Å²) in [4.78, 5) is 15.9. The van der Waals surface area contributed by atoms with Crippen LogP contribution in [0.1, 0.15) is 48.0 Å². The van der Waals surface area contributed by atoms with Crippen LogP contribution in [0.3, 0.4) is 0 Å². The highest BCUT2D eigenvalue weighted by Crippen LogP contribution is 2.46. The third-order valence-corrected chi connectivity index (χ3v) is 6.70. The second-order valence-electron chi connectivity index (χ2n) is 8.51. The molecule has 0 amide bonds. The average molecular weight is 403 g/mol. The van der Waals surface area contributed by atoms with E-state index in [1.165, 1.54) is 19.3 Å². The van der Waals surface area contributed by atoms with Crippen molar-refractivity contribution in [1.82, 2.24) is 5.16 Å². The summed E-state index contributed by atoms with van der Waals surface area (Å²) in [6.07, 6.45) is 6.06. The Morgan fingerprint density at radius 1 is 1.03 bits per heavy atom. The number of benzene rings is 2. The first-order valence-corrected chi connectivity index (χ1v) is 11.0. The summed E-state index contributed by atoms with van der Waals surface area (Å²) in [7, 11) is 0. The van der Waals surface area contributed by atoms with Gasteiger partial charge in [-0.15, -0.1) is 0 Å². The van der Waals surface area contributed by atoms with E-state index in [1.54, 1.807) is 0 Å². The highest BCUT2D eigenvalue weighted by Gasteiger charge is 2.34. The Kier molecular flexibility index (Phi) is 4.27. The van der Waals surface area contributed by atoms with E-state index in [0.29, 0.717) is 36.1 Å². The molecular weight excluding hydrogens is 378 g/mol. The number of anilines is 2. The Labute approximate surface area is 175 Å². The van der Waals surface area contributed by atoms with Crippen molar-refractivity contribution >= 4 is 28.1 Å². The molecule has 1 saturated heterocycles. The predicted octanol–water partition coefficient (Wildman–Crippen LogP) is 4.62. The van der Waals surface area contributed by atoms with E-state index in [4.69, 9.17) is 9.26 Å². The van der Waals surface area contributed by atoms with Crippen LogP contribution >= 0.6 is 0 Å². The summed E-state index contributed by atoms with van der Waals surface area (Å²) < 4.78 is 11.4. The Balaban J connectivity index is 1.57. The molecule has 2 aromatic carbocycles. The standard InChI is InChI=1S/C24H25N3O3/c28-23-16-8-4-5-9-17(16)24-21-20(23)18(25-15-6-2-1-3-7-15)14-19(22(21)26-30-24)27-10-12-29-13-11-27/h4-5,8-9,14-15,25H,1-3,6-7,10-13H2. The van der Waals surface area contributed by atoms with Gasteiger partial charge in [-0.1, -0.05) is 48.7 Å². The lowest BCUT2D eigenvalue weighted by Gasteiger charge is -2.31. The number of hydrogen-bond donors (Lipinski definition) is 1. The second kappa shape index (κ2) is 7.13. The fourth-order valence-electron chi connectivity index (χ4n) is 5.17. The number of hydrogen-bond acceptors (Lipinski definition) is 6. The van der Waals surface area contributed by atoms with Crippen LogP contribution < -0.4 is 10.2 Å². The molecule has 30 heavy (non-hydrogen) atoms. The van der Waals surface area contributed by atoms with Gasteiger partial charge < -0.3 is 19.5 Å². The van der Waals surface area contributed by atoms with Gasteiger partial charge >= 0.3 is 0 Å². The number of ketones is 1. The number of nitrogens with zero attached hydrogens (tertiary/aromatic N) is 2. The first kappa shape index (κ1) is 18.0. The molecular formula is C24H25N3O3.